The Bertz CT molecular complexity index is 963. The number of esters is 1. The van der Waals surface area contributed by atoms with Crippen LogP contribution in [0.4, 0.5) is 0 Å². The Kier molecular flexibility index (Phi) is 5.82. The minimum Gasteiger partial charge on any atom is -0.451 e. The summed E-state index contributed by atoms with van der Waals surface area (Å²) >= 11 is 1.52. The van der Waals surface area contributed by atoms with E-state index in [2.05, 4.69) is 10.4 Å². The van der Waals surface area contributed by atoms with Crippen LogP contribution < -0.4 is 11.1 Å². The van der Waals surface area contributed by atoms with Crippen molar-refractivity contribution in [2.75, 3.05) is 0 Å². The fourth-order valence-electron chi connectivity index (χ4n) is 2.24. The van der Waals surface area contributed by atoms with Gasteiger partial charge in [-0.2, -0.15) is 4.68 Å². The zero-order valence-electron chi connectivity index (χ0n) is 14.5. The lowest BCUT2D eigenvalue weighted by Gasteiger charge is -2.12. The molecule has 0 saturated heterocycles. The minimum atomic E-state index is -0.992. The van der Waals surface area contributed by atoms with E-state index in [-0.39, 0.29) is 5.89 Å². The summed E-state index contributed by atoms with van der Waals surface area (Å²) in [4.78, 5) is 36.9. The van der Waals surface area contributed by atoms with E-state index in [9.17, 15) is 14.4 Å². The number of carbonyl (C=O) groups is 2. The minimum absolute atomic E-state index is 0.107. The van der Waals surface area contributed by atoms with Crippen molar-refractivity contribution in [2.45, 2.75) is 26.1 Å². The number of amides is 1. The lowest BCUT2D eigenvalue weighted by Crippen LogP contribution is -2.36. The predicted molar refractivity (Wildman–Crippen MR) is 97.9 cm³/mol. The summed E-state index contributed by atoms with van der Waals surface area (Å²) < 4.78 is 11.0. The quantitative estimate of drug-likeness (QED) is 0.620. The number of hydrogen-bond donors (Lipinski definition) is 1. The van der Waals surface area contributed by atoms with Gasteiger partial charge in [-0.25, -0.2) is 4.79 Å². The molecule has 1 aromatic carbocycles. The maximum atomic E-state index is 12.0. The van der Waals surface area contributed by atoms with Crippen molar-refractivity contribution in [1.82, 2.24) is 15.1 Å². The third-order valence-corrected chi connectivity index (χ3v) is 4.48. The van der Waals surface area contributed by atoms with Crippen molar-refractivity contribution in [3.8, 4) is 11.5 Å². The van der Waals surface area contributed by atoms with Crippen molar-refractivity contribution in [3.05, 3.63) is 63.3 Å². The third-order valence-electron chi connectivity index (χ3n) is 3.60. The smallest absolute Gasteiger partial charge is 0.437 e. The largest absolute Gasteiger partial charge is 0.451 e. The number of benzene rings is 1. The van der Waals surface area contributed by atoms with Gasteiger partial charge < -0.3 is 14.5 Å². The molecule has 27 heavy (non-hydrogen) atoms. The number of nitrogens with one attached hydrogen (secondary N) is 1. The molecule has 0 saturated carbocycles. The van der Waals surface area contributed by atoms with Crippen molar-refractivity contribution in [3.63, 3.8) is 0 Å². The zero-order valence-corrected chi connectivity index (χ0v) is 15.3. The van der Waals surface area contributed by atoms with Crippen LogP contribution in [-0.2, 0) is 27.4 Å². The van der Waals surface area contributed by atoms with Crippen LogP contribution in [0.15, 0.2) is 57.1 Å². The summed E-state index contributed by atoms with van der Waals surface area (Å²) in [5.74, 6) is -1.85. The standard InChI is InChI=1S/C18H17N3O5S/c1-12(16(23)19-10-14-8-5-9-27-14)25-15(22)11-21-18(24)26-17(20-21)13-6-3-2-4-7-13/h2-9,12H,10-11H2,1H3,(H,19,23). The molecule has 140 valence electrons. The Balaban J connectivity index is 1.55. The van der Waals surface area contributed by atoms with Gasteiger partial charge in [0.05, 0.1) is 6.54 Å². The Morgan fingerprint density at radius 2 is 2.04 bits per heavy atom. The van der Waals surface area contributed by atoms with Crippen LogP contribution in [0.25, 0.3) is 11.5 Å². The summed E-state index contributed by atoms with van der Waals surface area (Å²) in [7, 11) is 0. The van der Waals surface area contributed by atoms with E-state index in [0.717, 1.165) is 9.56 Å². The highest BCUT2D eigenvalue weighted by atomic mass is 32.1. The first-order valence-corrected chi connectivity index (χ1v) is 9.04. The molecule has 1 unspecified atom stereocenters. The van der Waals surface area contributed by atoms with Crippen LogP contribution >= 0.6 is 11.3 Å². The number of carbonyl (C=O) groups excluding carboxylic acids is 2. The summed E-state index contributed by atoms with van der Waals surface area (Å²) in [5.41, 5.74) is 0.614. The molecule has 0 fully saturated rings. The van der Waals surface area contributed by atoms with Gasteiger partial charge in [0, 0.05) is 10.4 Å². The first-order chi connectivity index (χ1) is 13.0. The molecule has 8 nitrogen and oxygen atoms in total. The van der Waals surface area contributed by atoms with Gasteiger partial charge in [0.15, 0.2) is 6.10 Å². The highest BCUT2D eigenvalue weighted by molar-refractivity contribution is 7.09. The molecule has 1 N–H and O–H groups in total. The number of rotatable bonds is 7. The molecule has 0 aliphatic carbocycles. The van der Waals surface area contributed by atoms with Crippen LogP contribution in [0, 0.1) is 0 Å². The van der Waals surface area contributed by atoms with E-state index in [0.29, 0.717) is 12.1 Å². The molecule has 0 spiro atoms. The molecule has 2 heterocycles. The number of nitrogens with zero attached hydrogens (tertiary/aromatic N) is 2. The second-order valence-electron chi connectivity index (χ2n) is 5.63. The second kappa shape index (κ2) is 8.45. The molecule has 1 atom stereocenters. The highest BCUT2D eigenvalue weighted by Crippen LogP contribution is 2.14. The van der Waals surface area contributed by atoms with Crippen LogP contribution in [0.2, 0.25) is 0 Å². The molecular weight excluding hydrogens is 370 g/mol. The van der Waals surface area contributed by atoms with Gasteiger partial charge in [-0.3, -0.25) is 9.59 Å². The van der Waals surface area contributed by atoms with Gasteiger partial charge in [0.1, 0.15) is 6.54 Å². The van der Waals surface area contributed by atoms with Crippen molar-refractivity contribution in [2.24, 2.45) is 0 Å². The highest BCUT2D eigenvalue weighted by Gasteiger charge is 2.20. The van der Waals surface area contributed by atoms with Crippen LogP contribution in [0.1, 0.15) is 11.8 Å². The van der Waals surface area contributed by atoms with Gasteiger partial charge in [-0.15, -0.1) is 16.4 Å². The van der Waals surface area contributed by atoms with E-state index < -0.39 is 30.3 Å². The molecule has 0 radical (unpaired) electrons. The van der Waals surface area contributed by atoms with E-state index in [1.54, 1.807) is 24.3 Å². The fourth-order valence-corrected chi connectivity index (χ4v) is 2.89. The monoisotopic (exact) mass is 387 g/mol. The van der Waals surface area contributed by atoms with Crippen molar-refractivity contribution < 1.29 is 18.7 Å². The Morgan fingerprint density at radius 1 is 1.26 bits per heavy atom. The van der Waals surface area contributed by atoms with Crippen molar-refractivity contribution >= 4 is 23.2 Å². The summed E-state index contributed by atoms with van der Waals surface area (Å²) in [6.07, 6.45) is -0.992. The normalized spacial score (nSPS) is 11.7. The predicted octanol–water partition coefficient (Wildman–Crippen LogP) is 1.81. The molecule has 2 aromatic heterocycles. The van der Waals surface area contributed by atoms with E-state index in [4.69, 9.17) is 9.15 Å². The summed E-state index contributed by atoms with van der Waals surface area (Å²) in [5, 5.41) is 8.57. The molecule has 1 amide bonds. The molecule has 0 bridgehead atoms. The average Bonchev–Trinajstić information content (AvgIpc) is 3.30. The number of aromatic nitrogens is 2. The van der Waals surface area contributed by atoms with Gasteiger partial charge in [-0.1, -0.05) is 24.3 Å². The first kappa shape index (κ1) is 18.6. The van der Waals surface area contributed by atoms with Crippen LogP contribution in [-0.4, -0.2) is 27.8 Å². The van der Waals surface area contributed by atoms with E-state index in [1.165, 1.54) is 18.3 Å². The molecule has 3 rings (SSSR count). The maximum Gasteiger partial charge on any atom is 0.437 e. The second-order valence-corrected chi connectivity index (χ2v) is 6.66. The molecule has 0 aliphatic heterocycles. The number of ether oxygens (including phenoxy) is 1. The zero-order chi connectivity index (χ0) is 19.2. The summed E-state index contributed by atoms with van der Waals surface area (Å²) in [6, 6.07) is 12.6. The van der Waals surface area contributed by atoms with Crippen LogP contribution in [0.5, 0.6) is 0 Å². The molecule has 3 aromatic rings. The van der Waals surface area contributed by atoms with Gasteiger partial charge in [-0.05, 0) is 30.5 Å². The number of hydrogen-bond acceptors (Lipinski definition) is 7. The van der Waals surface area contributed by atoms with Gasteiger partial charge in [0.25, 0.3) is 5.91 Å². The Labute approximate surface area is 158 Å². The number of thiophene rings is 1. The first-order valence-electron chi connectivity index (χ1n) is 8.16. The lowest BCUT2D eigenvalue weighted by molar-refractivity contribution is -0.155. The van der Waals surface area contributed by atoms with Crippen LogP contribution in [0.3, 0.4) is 0 Å². The molecular formula is C18H17N3O5S. The Morgan fingerprint density at radius 3 is 2.74 bits per heavy atom. The maximum absolute atomic E-state index is 12.0. The third kappa shape index (κ3) is 4.91. The van der Waals surface area contributed by atoms with Crippen molar-refractivity contribution in [1.29, 1.82) is 0 Å². The van der Waals surface area contributed by atoms with Gasteiger partial charge in [0.2, 0.25) is 5.89 Å². The van der Waals surface area contributed by atoms with E-state index in [1.807, 2.05) is 23.6 Å². The molecule has 9 heteroatoms. The fraction of sp³-hybridized carbons (Fsp3) is 0.222. The SMILES string of the molecule is CC(OC(=O)Cn1nc(-c2ccccc2)oc1=O)C(=O)NCc1cccs1. The topological polar surface area (TPSA) is 103 Å². The Hall–Kier alpha value is -3.20. The molecule has 0 aliphatic rings. The summed E-state index contributed by atoms with van der Waals surface area (Å²) in [6.45, 7) is 1.38. The van der Waals surface area contributed by atoms with E-state index >= 15 is 0 Å². The van der Waals surface area contributed by atoms with Gasteiger partial charge >= 0.3 is 11.7 Å². The average molecular weight is 387 g/mol. The lowest BCUT2D eigenvalue weighted by atomic mass is 10.2.